The highest BCUT2D eigenvalue weighted by molar-refractivity contribution is 7.18. The van der Waals surface area contributed by atoms with Gasteiger partial charge in [-0.25, -0.2) is 4.39 Å². The summed E-state index contributed by atoms with van der Waals surface area (Å²) >= 11 is 7.13. The molecule has 2 rings (SSSR count). The van der Waals surface area contributed by atoms with Crippen LogP contribution in [0.5, 0.6) is 0 Å². The molecule has 0 spiro atoms. The smallest absolute Gasteiger partial charge is 0.264 e. The van der Waals surface area contributed by atoms with Crippen molar-refractivity contribution in [2.24, 2.45) is 0 Å². The molecule has 1 heterocycles. The Bertz CT molecular complexity index is 697. The molecule has 7 heteroatoms. The van der Waals surface area contributed by atoms with Crippen LogP contribution in [0.2, 0.25) is 5.02 Å². The Morgan fingerprint density at radius 1 is 1.32 bits per heavy atom. The molecule has 1 N–H and O–H groups in total. The molecule has 2 amide bonds. The van der Waals surface area contributed by atoms with Crippen molar-refractivity contribution in [3.8, 4) is 0 Å². The fourth-order valence-electron chi connectivity index (χ4n) is 1.87. The van der Waals surface area contributed by atoms with Gasteiger partial charge in [-0.2, -0.15) is 0 Å². The standard InChI is InChI=1S/C15H14ClFN2O2S/c1-9(20)18-14-7-6-13(22-14)15(21)19(2)8-10-11(16)4-3-5-12(10)17/h3-7H,8H2,1-2H3,(H,18,20). The summed E-state index contributed by atoms with van der Waals surface area (Å²) in [7, 11) is 1.57. The first-order valence-electron chi connectivity index (χ1n) is 6.44. The molecule has 0 aliphatic carbocycles. The first kappa shape index (κ1) is 16.5. The number of thiophene rings is 1. The van der Waals surface area contributed by atoms with Crippen LogP contribution in [0, 0.1) is 5.82 Å². The molecule has 2 aromatic rings. The fourth-order valence-corrected chi connectivity index (χ4v) is 3.04. The van der Waals surface area contributed by atoms with Crippen LogP contribution >= 0.6 is 22.9 Å². The van der Waals surface area contributed by atoms with E-state index in [-0.39, 0.29) is 28.9 Å². The van der Waals surface area contributed by atoms with Crippen molar-refractivity contribution in [3.63, 3.8) is 0 Å². The first-order valence-corrected chi connectivity index (χ1v) is 7.63. The first-order chi connectivity index (χ1) is 10.4. The van der Waals surface area contributed by atoms with Crippen LogP contribution in [-0.2, 0) is 11.3 Å². The van der Waals surface area contributed by atoms with E-state index >= 15 is 0 Å². The van der Waals surface area contributed by atoms with Gasteiger partial charge in [0.15, 0.2) is 0 Å². The molecule has 4 nitrogen and oxygen atoms in total. The van der Waals surface area contributed by atoms with Crippen LogP contribution in [0.3, 0.4) is 0 Å². The van der Waals surface area contributed by atoms with Crippen LogP contribution < -0.4 is 5.32 Å². The van der Waals surface area contributed by atoms with Crippen molar-refractivity contribution in [2.75, 3.05) is 12.4 Å². The quantitative estimate of drug-likeness (QED) is 0.921. The van der Waals surface area contributed by atoms with Gasteiger partial charge in [0.05, 0.1) is 16.4 Å². The summed E-state index contributed by atoms with van der Waals surface area (Å²) in [5.41, 5.74) is 0.277. The van der Waals surface area contributed by atoms with Gasteiger partial charge in [-0.1, -0.05) is 17.7 Å². The molecule has 0 saturated heterocycles. The van der Waals surface area contributed by atoms with Gasteiger partial charge in [0, 0.05) is 24.6 Å². The minimum Gasteiger partial charge on any atom is -0.337 e. The highest BCUT2D eigenvalue weighted by Gasteiger charge is 2.17. The van der Waals surface area contributed by atoms with E-state index in [9.17, 15) is 14.0 Å². The van der Waals surface area contributed by atoms with Gasteiger partial charge < -0.3 is 10.2 Å². The second-order valence-electron chi connectivity index (χ2n) is 4.71. The Hall–Kier alpha value is -1.92. The van der Waals surface area contributed by atoms with Gasteiger partial charge in [0.25, 0.3) is 5.91 Å². The van der Waals surface area contributed by atoms with E-state index in [4.69, 9.17) is 11.6 Å². The number of carbonyl (C=O) groups excluding carboxylic acids is 2. The maximum atomic E-state index is 13.8. The zero-order valence-electron chi connectivity index (χ0n) is 12.0. The average molecular weight is 341 g/mol. The number of anilines is 1. The second-order valence-corrected chi connectivity index (χ2v) is 6.20. The topological polar surface area (TPSA) is 49.4 Å². The summed E-state index contributed by atoms with van der Waals surface area (Å²) in [6.45, 7) is 1.46. The third-order valence-electron chi connectivity index (χ3n) is 2.92. The van der Waals surface area contributed by atoms with E-state index in [0.717, 1.165) is 0 Å². The highest BCUT2D eigenvalue weighted by atomic mass is 35.5. The summed E-state index contributed by atoms with van der Waals surface area (Å²) in [5.74, 6) is -0.912. The number of nitrogens with zero attached hydrogens (tertiary/aromatic N) is 1. The van der Waals surface area contributed by atoms with E-state index in [0.29, 0.717) is 9.88 Å². The highest BCUT2D eigenvalue weighted by Crippen LogP contribution is 2.25. The van der Waals surface area contributed by atoms with Crippen molar-refractivity contribution in [1.29, 1.82) is 0 Å². The number of hydrogen-bond acceptors (Lipinski definition) is 3. The molecule has 0 aliphatic rings. The van der Waals surface area contributed by atoms with Crippen molar-refractivity contribution < 1.29 is 14.0 Å². The van der Waals surface area contributed by atoms with Gasteiger partial charge in [-0.05, 0) is 24.3 Å². The lowest BCUT2D eigenvalue weighted by molar-refractivity contribution is -0.114. The van der Waals surface area contributed by atoms with Crippen molar-refractivity contribution in [3.05, 3.63) is 51.6 Å². The van der Waals surface area contributed by atoms with Crippen LogP contribution in [0.25, 0.3) is 0 Å². The molecule has 0 aliphatic heterocycles. The maximum absolute atomic E-state index is 13.8. The lowest BCUT2D eigenvalue weighted by Gasteiger charge is -2.17. The number of hydrogen-bond donors (Lipinski definition) is 1. The predicted molar refractivity (Wildman–Crippen MR) is 85.8 cm³/mol. The van der Waals surface area contributed by atoms with Crippen LogP contribution in [0.15, 0.2) is 30.3 Å². The van der Waals surface area contributed by atoms with E-state index in [1.165, 1.54) is 35.3 Å². The van der Waals surface area contributed by atoms with Gasteiger partial charge in [0.1, 0.15) is 5.82 Å². The Balaban J connectivity index is 2.12. The third-order valence-corrected chi connectivity index (χ3v) is 4.26. The summed E-state index contributed by atoms with van der Waals surface area (Å²) in [6.07, 6.45) is 0. The number of nitrogens with one attached hydrogen (secondary N) is 1. The van der Waals surface area contributed by atoms with Gasteiger partial charge >= 0.3 is 0 Å². The monoisotopic (exact) mass is 340 g/mol. The van der Waals surface area contributed by atoms with E-state index in [1.54, 1.807) is 25.2 Å². The second kappa shape index (κ2) is 6.89. The molecule has 0 fully saturated rings. The van der Waals surface area contributed by atoms with E-state index < -0.39 is 5.82 Å². The Kier molecular flexibility index (Phi) is 5.15. The van der Waals surface area contributed by atoms with Crippen molar-refractivity contribution in [1.82, 2.24) is 4.90 Å². The van der Waals surface area contributed by atoms with E-state index in [2.05, 4.69) is 5.32 Å². The van der Waals surface area contributed by atoms with Gasteiger partial charge in [-0.15, -0.1) is 11.3 Å². The maximum Gasteiger partial charge on any atom is 0.264 e. The molecule has 1 aromatic carbocycles. The average Bonchev–Trinajstić information content (AvgIpc) is 2.89. The Morgan fingerprint density at radius 3 is 2.68 bits per heavy atom. The molecule has 0 atom stereocenters. The lowest BCUT2D eigenvalue weighted by atomic mass is 10.2. The largest absolute Gasteiger partial charge is 0.337 e. The minimum absolute atomic E-state index is 0.0672. The number of amides is 2. The summed E-state index contributed by atoms with van der Waals surface area (Å²) in [6, 6.07) is 7.68. The lowest BCUT2D eigenvalue weighted by Crippen LogP contribution is -2.26. The molecule has 0 saturated carbocycles. The number of carbonyl (C=O) groups is 2. The van der Waals surface area contributed by atoms with Crippen molar-refractivity contribution in [2.45, 2.75) is 13.5 Å². The number of rotatable bonds is 4. The summed E-state index contributed by atoms with van der Waals surface area (Å²) < 4.78 is 13.8. The molecule has 116 valence electrons. The van der Waals surface area contributed by atoms with Crippen LogP contribution in [-0.4, -0.2) is 23.8 Å². The Labute approximate surface area is 136 Å². The molecule has 1 aromatic heterocycles. The normalized spacial score (nSPS) is 10.4. The predicted octanol–water partition coefficient (Wildman–Crippen LogP) is 3.77. The zero-order valence-corrected chi connectivity index (χ0v) is 13.6. The van der Waals surface area contributed by atoms with Crippen molar-refractivity contribution >= 4 is 39.8 Å². The molecule has 0 radical (unpaired) electrons. The zero-order chi connectivity index (χ0) is 16.3. The molecular weight excluding hydrogens is 327 g/mol. The Morgan fingerprint density at radius 2 is 2.05 bits per heavy atom. The minimum atomic E-state index is -0.447. The summed E-state index contributed by atoms with van der Waals surface area (Å²) in [4.78, 5) is 25.2. The number of benzene rings is 1. The molecule has 0 bridgehead atoms. The fraction of sp³-hybridized carbons (Fsp3) is 0.200. The van der Waals surface area contributed by atoms with Crippen LogP contribution in [0.1, 0.15) is 22.2 Å². The third kappa shape index (κ3) is 3.84. The number of halogens is 2. The molecule has 22 heavy (non-hydrogen) atoms. The summed E-state index contributed by atoms with van der Waals surface area (Å²) in [5, 5.41) is 3.49. The van der Waals surface area contributed by atoms with E-state index in [1.807, 2.05) is 0 Å². The molecule has 0 unspecified atom stereocenters. The van der Waals surface area contributed by atoms with Gasteiger partial charge in [0.2, 0.25) is 5.91 Å². The van der Waals surface area contributed by atoms with Gasteiger partial charge in [-0.3, -0.25) is 9.59 Å². The van der Waals surface area contributed by atoms with Crippen LogP contribution in [0.4, 0.5) is 9.39 Å². The SMILES string of the molecule is CC(=O)Nc1ccc(C(=O)N(C)Cc2c(F)cccc2Cl)s1. The molecular formula is C15H14ClFN2O2S.